The molecule has 2 N–H and O–H groups in total. The number of piperazine rings is 1. The van der Waals surface area contributed by atoms with E-state index in [2.05, 4.69) is 10.3 Å². The summed E-state index contributed by atoms with van der Waals surface area (Å²) in [6, 6.07) is 17.1. The number of phenolic OH excluding ortho intramolecular Hbond substituents is 1. The number of nitrogens with one attached hydrogen (secondary N) is 1. The fourth-order valence-electron chi connectivity index (χ4n) is 3.66. The van der Waals surface area contributed by atoms with Gasteiger partial charge in [-0.3, -0.25) is 9.69 Å². The van der Waals surface area contributed by atoms with Crippen LogP contribution in [0, 0.1) is 0 Å². The number of carbonyl (C=O) groups is 1. The Labute approximate surface area is 174 Å². The molecule has 1 aliphatic rings. The van der Waals surface area contributed by atoms with Crippen molar-refractivity contribution in [3.05, 3.63) is 65.7 Å². The maximum absolute atomic E-state index is 12.2. The Hall–Kier alpha value is -2.90. The molecule has 7 heteroatoms. The van der Waals surface area contributed by atoms with Gasteiger partial charge < -0.3 is 14.9 Å². The van der Waals surface area contributed by atoms with Crippen LogP contribution in [0.3, 0.4) is 0 Å². The van der Waals surface area contributed by atoms with Crippen LogP contribution in [0.2, 0.25) is 0 Å². The van der Waals surface area contributed by atoms with Gasteiger partial charge in [-0.15, -0.1) is 11.3 Å². The molecule has 0 spiro atoms. The molecule has 150 valence electrons. The molecule has 0 aliphatic carbocycles. The molecule has 6 nitrogen and oxygen atoms in total. The van der Waals surface area contributed by atoms with E-state index in [1.165, 1.54) is 16.2 Å². The van der Waals surface area contributed by atoms with E-state index in [1.54, 1.807) is 24.0 Å². The first-order valence-corrected chi connectivity index (χ1v) is 10.7. The van der Waals surface area contributed by atoms with Gasteiger partial charge in [-0.2, -0.15) is 0 Å². The van der Waals surface area contributed by atoms with Gasteiger partial charge in [0.25, 0.3) is 0 Å². The van der Waals surface area contributed by atoms with E-state index in [4.69, 9.17) is 4.98 Å². The third-order valence-electron chi connectivity index (χ3n) is 5.18. The number of nitrogens with zero attached hydrogens (tertiary/aromatic N) is 3. The quantitative estimate of drug-likeness (QED) is 0.680. The minimum absolute atomic E-state index is 0.0352. The summed E-state index contributed by atoms with van der Waals surface area (Å²) in [5.74, 6) is 0.263. The Morgan fingerprint density at radius 2 is 1.83 bits per heavy atom. The maximum Gasteiger partial charge on any atom is 0.230 e. The molecule has 0 unspecified atom stereocenters. The molecule has 0 bridgehead atoms. The minimum atomic E-state index is -0.0352. The van der Waals surface area contributed by atoms with Gasteiger partial charge in [-0.05, 0) is 36.4 Å². The number of benzene rings is 2. The molecule has 0 radical (unpaired) electrons. The largest absolute Gasteiger partial charge is 0.508 e. The zero-order valence-electron chi connectivity index (χ0n) is 16.4. The van der Waals surface area contributed by atoms with Crippen molar-refractivity contribution in [2.75, 3.05) is 36.0 Å². The van der Waals surface area contributed by atoms with Crippen LogP contribution < -0.4 is 14.7 Å². The highest BCUT2D eigenvalue weighted by atomic mass is 32.1. The summed E-state index contributed by atoms with van der Waals surface area (Å²) in [7, 11) is 0. The van der Waals surface area contributed by atoms with Gasteiger partial charge in [0, 0.05) is 18.0 Å². The molecule has 1 aliphatic heterocycles. The van der Waals surface area contributed by atoms with E-state index < -0.39 is 0 Å². The Balaban J connectivity index is 1.38. The van der Waals surface area contributed by atoms with Crippen molar-refractivity contribution in [2.45, 2.75) is 13.5 Å². The van der Waals surface area contributed by atoms with Crippen molar-refractivity contribution in [1.29, 1.82) is 0 Å². The number of hydrogen-bond acceptors (Lipinski definition) is 5. The number of aromatic nitrogens is 1. The first-order chi connectivity index (χ1) is 14.1. The Bertz CT molecular complexity index is 950. The molecule has 2 heterocycles. The van der Waals surface area contributed by atoms with Crippen molar-refractivity contribution in [1.82, 2.24) is 4.98 Å². The predicted molar refractivity (Wildman–Crippen MR) is 116 cm³/mol. The van der Waals surface area contributed by atoms with Crippen LogP contribution in [0.15, 0.2) is 60.0 Å². The average Bonchev–Trinajstić information content (AvgIpc) is 3.18. The van der Waals surface area contributed by atoms with Gasteiger partial charge in [0.2, 0.25) is 5.91 Å². The Kier molecular flexibility index (Phi) is 5.78. The summed E-state index contributed by atoms with van der Waals surface area (Å²) in [6.45, 7) is 6.44. The smallest absolute Gasteiger partial charge is 0.230 e. The average molecular weight is 410 g/mol. The number of carbonyl (C=O) groups excluding carboxylic acids is 1. The zero-order valence-corrected chi connectivity index (χ0v) is 17.2. The minimum Gasteiger partial charge on any atom is -0.508 e. The molecule has 1 aromatic heterocycles. The lowest BCUT2D eigenvalue weighted by Crippen LogP contribution is -3.13. The summed E-state index contributed by atoms with van der Waals surface area (Å²) in [5.41, 5.74) is 3.02. The van der Waals surface area contributed by atoms with Gasteiger partial charge in [-0.1, -0.05) is 18.2 Å². The standard InChI is InChI=1S/C22H24N4O2S/c1-17(27)26(20-5-3-2-4-6-20)22-23-18(16-29-22)15-24-11-13-25(14-12-24)19-7-9-21(28)10-8-19/h2-10,16,28H,11-15H2,1H3/p+1. The fourth-order valence-corrected chi connectivity index (χ4v) is 4.55. The molecule has 2 aromatic carbocycles. The number of anilines is 3. The first kappa shape index (κ1) is 19.4. The van der Waals surface area contributed by atoms with Gasteiger partial charge in [0.1, 0.15) is 18.0 Å². The highest BCUT2D eigenvalue weighted by molar-refractivity contribution is 7.14. The lowest BCUT2D eigenvalue weighted by molar-refractivity contribution is -0.914. The van der Waals surface area contributed by atoms with E-state index in [9.17, 15) is 9.90 Å². The highest BCUT2D eigenvalue weighted by Crippen LogP contribution is 2.28. The van der Waals surface area contributed by atoms with Crippen molar-refractivity contribution in [2.24, 2.45) is 0 Å². The summed E-state index contributed by atoms with van der Waals surface area (Å²) in [5, 5.41) is 12.2. The van der Waals surface area contributed by atoms with Gasteiger partial charge >= 0.3 is 0 Å². The normalized spacial score (nSPS) is 14.7. The summed E-state index contributed by atoms with van der Waals surface area (Å²) in [6.07, 6.45) is 0. The Morgan fingerprint density at radius 3 is 2.48 bits per heavy atom. The lowest BCUT2D eigenvalue weighted by Gasteiger charge is -2.33. The van der Waals surface area contributed by atoms with Gasteiger partial charge in [0.05, 0.1) is 31.9 Å². The van der Waals surface area contributed by atoms with Crippen molar-refractivity contribution in [3.8, 4) is 5.75 Å². The molecule has 1 fully saturated rings. The number of hydrogen-bond donors (Lipinski definition) is 2. The number of aromatic hydroxyl groups is 1. The number of phenols is 1. The van der Waals surface area contributed by atoms with Crippen LogP contribution in [-0.4, -0.2) is 42.2 Å². The van der Waals surface area contributed by atoms with Crippen molar-refractivity contribution >= 4 is 33.8 Å². The summed E-state index contributed by atoms with van der Waals surface area (Å²) < 4.78 is 0. The van der Waals surface area contributed by atoms with Crippen molar-refractivity contribution < 1.29 is 14.8 Å². The van der Waals surface area contributed by atoms with E-state index in [-0.39, 0.29) is 5.91 Å². The second kappa shape index (κ2) is 8.63. The molecular formula is C22H25N4O2S+. The topological polar surface area (TPSA) is 61.1 Å². The van der Waals surface area contributed by atoms with E-state index in [0.29, 0.717) is 5.75 Å². The van der Waals surface area contributed by atoms with Crippen LogP contribution in [0.25, 0.3) is 0 Å². The highest BCUT2D eigenvalue weighted by Gasteiger charge is 2.23. The van der Waals surface area contributed by atoms with E-state index in [1.807, 2.05) is 42.5 Å². The predicted octanol–water partition coefficient (Wildman–Crippen LogP) is 2.44. The van der Waals surface area contributed by atoms with E-state index >= 15 is 0 Å². The van der Waals surface area contributed by atoms with Crippen molar-refractivity contribution in [3.63, 3.8) is 0 Å². The lowest BCUT2D eigenvalue weighted by atomic mass is 10.2. The molecule has 29 heavy (non-hydrogen) atoms. The van der Waals surface area contributed by atoms with Crippen LogP contribution >= 0.6 is 11.3 Å². The number of quaternary nitrogens is 1. The number of amides is 1. The summed E-state index contributed by atoms with van der Waals surface area (Å²) >= 11 is 1.51. The Morgan fingerprint density at radius 1 is 1.14 bits per heavy atom. The third-order valence-corrected chi connectivity index (χ3v) is 6.05. The molecule has 3 aromatic rings. The zero-order chi connectivity index (χ0) is 20.2. The monoisotopic (exact) mass is 409 g/mol. The van der Waals surface area contributed by atoms with E-state index in [0.717, 1.165) is 54.9 Å². The number of thiazole rings is 1. The molecule has 0 atom stereocenters. The third kappa shape index (κ3) is 4.58. The SMILES string of the molecule is CC(=O)N(c1ccccc1)c1nc(C[NH+]2CCN(c3ccc(O)cc3)CC2)cs1. The molecular weight excluding hydrogens is 384 g/mol. The second-order valence-electron chi connectivity index (χ2n) is 7.24. The van der Waals surface area contributed by atoms with Crippen LogP contribution in [0.1, 0.15) is 12.6 Å². The molecule has 1 saturated heterocycles. The molecule has 4 rings (SSSR count). The van der Waals surface area contributed by atoms with Gasteiger partial charge in [-0.25, -0.2) is 4.98 Å². The first-order valence-electron chi connectivity index (χ1n) is 9.78. The molecule has 1 amide bonds. The van der Waals surface area contributed by atoms with Crippen LogP contribution in [0.5, 0.6) is 5.75 Å². The molecule has 0 saturated carbocycles. The fraction of sp³-hybridized carbons (Fsp3) is 0.273. The maximum atomic E-state index is 12.2. The summed E-state index contributed by atoms with van der Waals surface area (Å²) in [4.78, 5) is 22.5. The number of rotatable bonds is 5. The second-order valence-corrected chi connectivity index (χ2v) is 8.08. The van der Waals surface area contributed by atoms with Crippen LogP contribution in [0.4, 0.5) is 16.5 Å². The van der Waals surface area contributed by atoms with Gasteiger partial charge in [0.15, 0.2) is 5.13 Å². The number of para-hydroxylation sites is 1. The van der Waals surface area contributed by atoms with Crippen LogP contribution in [-0.2, 0) is 11.3 Å².